The van der Waals surface area contributed by atoms with Gasteiger partial charge in [-0.2, -0.15) is 4.98 Å². The van der Waals surface area contributed by atoms with E-state index < -0.39 is 42.7 Å². The van der Waals surface area contributed by atoms with Crippen molar-refractivity contribution in [2.45, 2.75) is 45.3 Å². The molecule has 12 nitrogen and oxygen atoms in total. The first-order chi connectivity index (χ1) is 13.2. The standard InChI is InChI=1S/C16H21N5O7/c1-6(2)13(25)19-16-18-12-9(14(26)20-16)17-5-21(12)15-10(24)11(27-7(3)23)8(4-22)28-15/h5-6,8,10-11,15,22,24H,4H2,1-3H3,(H2,18,19,20,25,26)/t8-,10-,11+,15-/m1/s1. The number of nitrogens with zero attached hydrogens (tertiary/aromatic N) is 3. The van der Waals surface area contributed by atoms with E-state index in [1.165, 1.54) is 17.8 Å². The van der Waals surface area contributed by atoms with E-state index in [0.29, 0.717) is 0 Å². The van der Waals surface area contributed by atoms with Gasteiger partial charge >= 0.3 is 5.97 Å². The van der Waals surface area contributed by atoms with Gasteiger partial charge in [0.2, 0.25) is 11.9 Å². The molecular formula is C16H21N5O7. The molecule has 0 radical (unpaired) electrons. The number of carbonyl (C=O) groups is 2. The highest BCUT2D eigenvalue weighted by Gasteiger charge is 2.47. The Hall–Kier alpha value is -2.83. The second-order valence-electron chi connectivity index (χ2n) is 6.69. The summed E-state index contributed by atoms with van der Waals surface area (Å²) in [5, 5.41) is 22.5. The highest BCUT2D eigenvalue weighted by Crippen LogP contribution is 2.32. The number of aliphatic hydroxyl groups excluding tert-OH is 2. The maximum Gasteiger partial charge on any atom is 0.303 e. The maximum atomic E-state index is 12.3. The number of fused-ring (bicyclic) bond motifs is 1. The molecule has 4 atom stereocenters. The molecule has 0 spiro atoms. The van der Waals surface area contributed by atoms with Gasteiger partial charge in [-0.1, -0.05) is 13.8 Å². The average molecular weight is 395 g/mol. The van der Waals surface area contributed by atoms with Crippen LogP contribution in [-0.4, -0.2) is 66.5 Å². The number of amides is 1. The van der Waals surface area contributed by atoms with Crippen LogP contribution in [0, 0.1) is 5.92 Å². The van der Waals surface area contributed by atoms with Crippen molar-refractivity contribution in [1.82, 2.24) is 19.5 Å². The molecule has 0 unspecified atom stereocenters. The molecule has 0 saturated carbocycles. The largest absolute Gasteiger partial charge is 0.457 e. The number of H-pyrrole nitrogens is 1. The van der Waals surface area contributed by atoms with Gasteiger partial charge in [0.15, 0.2) is 23.5 Å². The maximum absolute atomic E-state index is 12.3. The van der Waals surface area contributed by atoms with Crippen LogP contribution in [-0.2, 0) is 19.1 Å². The van der Waals surface area contributed by atoms with Crippen LogP contribution in [0.5, 0.6) is 0 Å². The number of aromatic amines is 1. The quantitative estimate of drug-likeness (QED) is 0.459. The second kappa shape index (κ2) is 7.66. The van der Waals surface area contributed by atoms with E-state index in [9.17, 15) is 24.6 Å². The van der Waals surface area contributed by atoms with E-state index >= 15 is 0 Å². The van der Waals surface area contributed by atoms with E-state index in [1.54, 1.807) is 13.8 Å². The minimum Gasteiger partial charge on any atom is -0.457 e. The molecule has 3 rings (SSSR count). The molecule has 28 heavy (non-hydrogen) atoms. The molecule has 0 aliphatic carbocycles. The Morgan fingerprint density at radius 1 is 1.46 bits per heavy atom. The minimum atomic E-state index is -1.34. The number of aromatic nitrogens is 4. The van der Waals surface area contributed by atoms with Crippen LogP contribution in [0.4, 0.5) is 5.95 Å². The molecule has 12 heteroatoms. The van der Waals surface area contributed by atoms with Crippen molar-refractivity contribution in [2.24, 2.45) is 5.92 Å². The average Bonchev–Trinajstić information content (AvgIpc) is 3.16. The van der Waals surface area contributed by atoms with Gasteiger partial charge in [0.1, 0.15) is 12.2 Å². The van der Waals surface area contributed by atoms with Crippen molar-refractivity contribution >= 4 is 29.0 Å². The van der Waals surface area contributed by atoms with Crippen LogP contribution in [0.15, 0.2) is 11.1 Å². The molecule has 2 aromatic rings. The van der Waals surface area contributed by atoms with Crippen LogP contribution in [0.3, 0.4) is 0 Å². The van der Waals surface area contributed by atoms with Crippen molar-refractivity contribution in [1.29, 1.82) is 0 Å². The van der Waals surface area contributed by atoms with Gasteiger partial charge in [0.25, 0.3) is 5.56 Å². The first-order valence-electron chi connectivity index (χ1n) is 8.62. The Morgan fingerprint density at radius 3 is 2.79 bits per heavy atom. The summed E-state index contributed by atoms with van der Waals surface area (Å²) in [5.74, 6) is -1.40. The predicted molar refractivity (Wildman–Crippen MR) is 94.2 cm³/mol. The van der Waals surface area contributed by atoms with Crippen molar-refractivity contribution in [3.05, 3.63) is 16.7 Å². The number of hydrogen-bond donors (Lipinski definition) is 4. The number of aliphatic hydroxyl groups is 2. The number of esters is 1. The summed E-state index contributed by atoms with van der Waals surface area (Å²) in [5.41, 5.74) is -0.576. The predicted octanol–water partition coefficient (Wildman–Crippen LogP) is -1.10. The summed E-state index contributed by atoms with van der Waals surface area (Å²) in [7, 11) is 0. The molecular weight excluding hydrogens is 374 g/mol. The molecule has 1 aliphatic heterocycles. The van der Waals surface area contributed by atoms with Crippen molar-refractivity contribution in [3.63, 3.8) is 0 Å². The third kappa shape index (κ3) is 3.61. The number of nitrogens with one attached hydrogen (secondary N) is 2. The molecule has 152 valence electrons. The molecule has 1 fully saturated rings. The lowest BCUT2D eigenvalue weighted by Gasteiger charge is -2.19. The molecule has 1 amide bonds. The van der Waals surface area contributed by atoms with E-state index in [1.807, 2.05) is 0 Å². The highest BCUT2D eigenvalue weighted by molar-refractivity contribution is 5.91. The molecule has 3 heterocycles. The molecule has 4 N–H and O–H groups in total. The molecule has 2 aromatic heterocycles. The van der Waals surface area contributed by atoms with Gasteiger partial charge in [0.05, 0.1) is 12.9 Å². The summed E-state index contributed by atoms with van der Waals surface area (Å²) in [6.07, 6.45) is -3.29. The zero-order valence-corrected chi connectivity index (χ0v) is 15.4. The third-order valence-corrected chi connectivity index (χ3v) is 4.26. The fourth-order valence-corrected chi connectivity index (χ4v) is 2.87. The third-order valence-electron chi connectivity index (χ3n) is 4.26. The second-order valence-corrected chi connectivity index (χ2v) is 6.69. The number of rotatable bonds is 5. The topological polar surface area (TPSA) is 169 Å². The Balaban J connectivity index is 1.99. The number of anilines is 1. The summed E-state index contributed by atoms with van der Waals surface area (Å²) < 4.78 is 11.9. The van der Waals surface area contributed by atoms with Gasteiger partial charge in [0, 0.05) is 12.8 Å². The van der Waals surface area contributed by atoms with Crippen LogP contribution >= 0.6 is 0 Å². The van der Waals surface area contributed by atoms with E-state index in [-0.39, 0.29) is 28.9 Å². The van der Waals surface area contributed by atoms with E-state index in [2.05, 4.69) is 20.3 Å². The monoisotopic (exact) mass is 395 g/mol. The van der Waals surface area contributed by atoms with Crippen LogP contribution < -0.4 is 10.9 Å². The van der Waals surface area contributed by atoms with Crippen LogP contribution in [0.1, 0.15) is 27.0 Å². The summed E-state index contributed by atoms with van der Waals surface area (Å²) in [6.45, 7) is 4.04. The summed E-state index contributed by atoms with van der Waals surface area (Å²) in [4.78, 5) is 46.0. The number of hydrogen-bond acceptors (Lipinski definition) is 9. The summed E-state index contributed by atoms with van der Waals surface area (Å²) >= 11 is 0. The van der Waals surface area contributed by atoms with Gasteiger partial charge in [-0.3, -0.25) is 29.3 Å². The molecule has 1 aliphatic rings. The van der Waals surface area contributed by atoms with Gasteiger partial charge in [-0.05, 0) is 0 Å². The molecule has 0 aromatic carbocycles. The Bertz CT molecular complexity index is 952. The molecule has 0 bridgehead atoms. The van der Waals surface area contributed by atoms with E-state index in [0.717, 1.165) is 0 Å². The Kier molecular flexibility index (Phi) is 5.45. The highest BCUT2D eigenvalue weighted by atomic mass is 16.6. The van der Waals surface area contributed by atoms with Crippen LogP contribution in [0.2, 0.25) is 0 Å². The molecule has 1 saturated heterocycles. The first kappa shape index (κ1) is 19.9. The van der Waals surface area contributed by atoms with Gasteiger partial charge < -0.3 is 19.7 Å². The minimum absolute atomic E-state index is 0.0326. The SMILES string of the molecule is CC(=O)O[C@@H]1[C@@H](O)[C@H](n2cnc3c(=O)[nH]c(NC(=O)C(C)C)nc32)O[C@@H]1CO. The number of ether oxygens (including phenoxy) is 2. The smallest absolute Gasteiger partial charge is 0.303 e. The van der Waals surface area contributed by atoms with Gasteiger partial charge in [-0.15, -0.1) is 0 Å². The number of carbonyl (C=O) groups excluding carboxylic acids is 2. The Morgan fingerprint density at radius 2 is 2.18 bits per heavy atom. The first-order valence-corrected chi connectivity index (χ1v) is 8.62. The fourth-order valence-electron chi connectivity index (χ4n) is 2.87. The Labute approximate surface area is 158 Å². The lowest BCUT2D eigenvalue weighted by molar-refractivity contribution is -0.153. The van der Waals surface area contributed by atoms with Crippen molar-refractivity contribution < 1.29 is 29.3 Å². The van der Waals surface area contributed by atoms with Crippen molar-refractivity contribution in [3.8, 4) is 0 Å². The zero-order chi connectivity index (χ0) is 20.6. The van der Waals surface area contributed by atoms with E-state index in [4.69, 9.17) is 9.47 Å². The van der Waals surface area contributed by atoms with Crippen molar-refractivity contribution in [2.75, 3.05) is 11.9 Å². The lowest BCUT2D eigenvalue weighted by Crippen LogP contribution is -2.37. The van der Waals surface area contributed by atoms with Gasteiger partial charge in [-0.25, -0.2) is 4.98 Å². The fraction of sp³-hybridized carbons (Fsp3) is 0.562. The zero-order valence-electron chi connectivity index (χ0n) is 15.4. The van der Waals surface area contributed by atoms with Crippen LogP contribution in [0.25, 0.3) is 11.2 Å². The lowest BCUT2D eigenvalue weighted by atomic mass is 10.1. The normalized spacial score (nSPS) is 24.6. The number of imidazole rings is 1. The summed E-state index contributed by atoms with van der Waals surface area (Å²) in [6, 6.07) is 0.